The van der Waals surface area contributed by atoms with E-state index in [0.717, 1.165) is 0 Å². The predicted octanol–water partition coefficient (Wildman–Crippen LogP) is 2.00. The number of carbonyl (C=O) groups is 1. The molecule has 0 aromatic carbocycles. The second-order valence-electron chi connectivity index (χ2n) is 4.10. The van der Waals surface area contributed by atoms with E-state index in [1.807, 2.05) is 20.8 Å². The van der Waals surface area contributed by atoms with Crippen molar-refractivity contribution in [1.82, 2.24) is 0 Å². The first-order valence-electron chi connectivity index (χ1n) is 4.60. The van der Waals surface area contributed by atoms with Gasteiger partial charge in [-0.1, -0.05) is 20.8 Å². The summed E-state index contributed by atoms with van der Waals surface area (Å²) in [6.07, 6.45) is 0.250. The monoisotopic (exact) mass is 188 g/mol. The number of hydrogen-bond donors (Lipinski definition) is 0. The maximum Gasteiger partial charge on any atom is 0.308 e. The number of esters is 1. The van der Waals surface area contributed by atoms with E-state index in [1.165, 1.54) is 0 Å². The third kappa shape index (κ3) is 4.88. The van der Waals surface area contributed by atoms with Gasteiger partial charge in [-0.05, 0) is 12.3 Å². The molecular weight excluding hydrogens is 168 g/mol. The summed E-state index contributed by atoms with van der Waals surface area (Å²) in [5.74, 6) is -0.190. The van der Waals surface area contributed by atoms with Crippen LogP contribution in [0.15, 0.2) is 0 Å². The summed E-state index contributed by atoms with van der Waals surface area (Å²) in [5.41, 5.74) is -0.0263. The Hall–Kier alpha value is -0.570. The van der Waals surface area contributed by atoms with Gasteiger partial charge in [0.25, 0.3) is 0 Å². The first-order chi connectivity index (χ1) is 5.91. The van der Waals surface area contributed by atoms with E-state index < -0.39 is 0 Å². The van der Waals surface area contributed by atoms with Crippen LogP contribution in [0.3, 0.4) is 0 Å². The van der Waals surface area contributed by atoms with Gasteiger partial charge in [0.2, 0.25) is 0 Å². The van der Waals surface area contributed by atoms with Gasteiger partial charge in [0.05, 0.1) is 19.1 Å². The summed E-state index contributed by atoms with van der Waals surface area (Å²) < 4.78 is 10.1. The van der Waals surface area contributed by atoms with Crippen LogP contribution < -0.4 is 0 Å². The highest BCUT2D eigenvalue weighted by atomic mass is 16.5. The summed E-state index contributed by atoms with van der Waals surface area (Å²) in [6, 6.07) is 0. The third-order valence-electron chi connectivity index (χ3n) is 1.91. The van der Waals surface area contributed by atoms with Crippen molar-refractivity contribution >= 4 is 5.97 Å². The van der Waals surface area contributed by atoms with E-state index in [1.54, 1.807) is 14.0 Å². The van der Waals surface area contributed by atoms with Crippen LogP contribution in [0.2, 0.25) is 0 Å². The van der Waals surface area contributed by atoms with Crippen LogP contribution in [0.25, 0.3) is 0 Å². The highest BCUT2D eigenvalue weighted by Gasteiger charge is 2.27. The minimum absolute atomic E-state index is 0.0263. The number of carbonyl (C=O) groups excluding carboxylic acids is 1. The van der Waals surface area contributed by atoms with Gasteiger partial charge in [-0.2, -0.15) is 0 Å². The van der Waals surface area contributed by atoms with E-state index in [9.17, 15) is 4.79 Å². The smallest absolute Gasteiger partial charge is 0.308 e. The Bertz CT molecular complexity index is 158. The predicted molar refractivity (Wildman–Crippen MR) is 51.5 cm³/mol. The fourth-order valence-corrected chi connectivity index (χ4v) is 1.11. The van der Waals surface area contributed by atoms with Crippen molar-refractivity contribution in [2.24, 2.45) is 5.41 Å². The summed E-state index contributed by atoms with van der Waals surface area (Å²) >= 11 is 0. The van der Waals surface area contributed by atoms with Crippen LogP contribution in [-0.2, 0) is 14.3 Å². The van der Waals surface area contributed by atoms with Gasteiger partial charge in [0.1, 0.15) is 0 Å². The summed E-state index contributed by atoms with van der Waals surface area (Å²) in [6.45, 7) is 8.36. The third-order valence-corrected chi connectivity index (χ3v) is 1.91. The van der Waals surface area contributed by atoms with Crippen LogP contribution in [0.1, 0.15) is 34.1 Å². The zero-order chi connectivity index (χ0) is 10.5. The average Bonchev–Trinajstić information content (AvgIpc) is 1.98. The molecule has 0 saturated heterocycles. The molecule has 78 valence electrons. The van der Waals surface area contributed by atoms with Gasteiger partial charge in [-0.3, -0.25) is 4.79 Å². The minimum Gasteiger partial charge on any atom is -0.466 e. The molecule has 3 heteroatoms. The molecule has 0 spiro atoms. The molecule has 1 unspecified atom stereocenters. The number of methoxy groups -OCH3 is 1. The Morgan fingerprint density at radius 3 is 2.23 bits per heavy atom. The van der Waals surface area contributed by atoms with Crippen LogP contribution in [0.4, 0.5) is 0 Å². The second kappa shape index (κ2) is 5.22. The maximum atomic E-state index is 11.2. The Labute approximate surface area is 80.4 Å². The lowest BCUT2D eigenvalue weighted by molar-refractivity contribution is -0.148. The normalized spacial score (nSPS) is 13.9. The molecule has 0 saturated carbocycles. The largest absolute Gasteiger partial charge is 0.466 e. The molecule has 0 N–H and O–H groups in total. The Morgan fingerprint density at radius 1 is 1.38 bits per heavy atom. The molecule has 0 aromatic rings. The van der Waals surface area contributed by atoms with E-state index >= 15 is 0 Å². The van der Waals surface area contributed by atoms with Crippen molar-refractivity contribution in [3.8, 4) is 0 Å². The van der Waals surface area contributed by atoms with E-state index in [2.05, 4.69) is 0 Å². The van der Waals surface area contributed by atoms with Crippen molar-refractivity contribution in [1.29, 1.82) is 0 Å². The number of hydrogen-bond acceptors (Lipinski definition) is 3. The molecule has 0 amide bonds. The maximum absolute atomic E-state index is 11.2. The highest BCUT2D eigenvalue weighted by Crippen LogP contribution is 2.24. The highest BCUT2D eigenvalue weighted by molar-refractivity contribution is 5.70. The fraction of sp³-hybridized carbons (Fsp3) is 0.900. The minimum atomic E-state index is -0.190. The summed E-state index contributed by atoms with van der Waals surface area (Å²) in [7, 11) is 1.62. The van der Waals surface area contributed by atoms with Crippen molar-refractivity contribution in [3.63, 3.8) is 0 Å². The van der Waals surface area contributed by atoms with Gasteiger partial charge in [-0.15, -0.1) is 0 Å². The molecule has 0 aromatic heterocycles. The molecular formula is C10H20O3. The van der Waals surface area contributed by atoms with Gasteiger partial charge >= 0.3 is 5.97 Å². The molecule has 3 nitrogen and oxygen atoms in total. The van der Waals surface area contributed by atoms with Crippen LogP contribution in [0.5, 0.6) is 0 Å². The lowest BCUT2D eigenvalue weighted by Crippen LogP contribution is -2.31. The van der Waals surface area contributed by atoms with Gasteiger partial charge in [-0.25, -0.2) is 0 Å². The summed E-state index contributed by atoms with van der Waals surface area (Å²) in [4.78, 5) is 11.2. The standard InChI is InChI=1S/C10H20O3/c1-6-13-9(11)7-8(12-5)10(2,3)4/h8H,6-7H2,1-5H3. The Balaban J connectivity index is 4.06. The van der Waals surface area contributed by atoms with Gasteiger partial charge in [0.15, 0.2) is 0 Å². The van der Waals surface area contributed by atoms with Gasteiger partial charge in [0, 0.05) is 7.11 Å². The molecule has 0 radical (unpaired) electrons. The van der Waals surface area contributed by atoms with Crippen LogP contribution >= 0.6 is 0 Å². The zero-order valence-electron chi connectivity index (χ0n) is 9.22. The molecule has 0 bridgehead atoms. The molecule has 0 aliphatic carbocycles. The van der Waals surface area contributed by atoms with Crippen molar-refractivity contribution in [2.75, 3.05) is 13.7 Å². The van der Waals surface area contributed by atoms with Crippen molar-refractivity contribution in [3.05, 3.63) is 0 Å². The average molecular weight is 188 g/mol. The Morgan fingerprint density at radius 2 is 1.92 bits per heavy atom. The lowest BCUT2D eigenvalue weighted by Gasteiger charge is -2.28. The van der Waals surface area contributed by atoms with E-state index in [0.29, 0.717) is 13.0 Å². The first kappa shape index (κ1) is 12.4. The first-order valence-corrected chi connectivity index (χ1v) is 4.60. The quantitative estimate of drug-likeness (QED) is 0.633. The Kier molecular flexibility index (Phi) is 4.99. The molecule has 0 heterocycles. The van der Waals surface area contributed by atoms with E-state index in [-0.39, 0.29) is 17.5 Å². The van der Waals surface area contributed by atoms with Crippen molar-refractivity contribution in [2.45, 2.75) is 40.2 Å². The number of rotatable bonds is 4. The SMILES string of the molecule is CCOC(=O)CC(OC)C(C)(C)C. The summed E-state index contributed by atoms with van der Waals surface area (Å²) in [5, 5.41) is 0. The zero-order valence-corrected chi connectivity index (χ0v) is 9.22. The molecule has 13 heavy (non-hydrogen) atoms. The number of ether oxygens (including phenoxy) is 2. The molecule has 0 aliphatic rings. The topological polar surface area (TPSA) is 35.5 Å². The molecule has 1 atom stereocenters. The van der Waals surface area contributed by atoms with Gasteiger partial charge < -0.3 is 9.47 Å². The fourth-order valence-electron chi connectivity index (χ4n) is 1.11. The lowest BCUT2D eigenvalue weighted by atomic mass is 9.87. The van der Waals surface area contributed by atoms with E-state index in [4.69, 9.17) is 9.47 Å². The van der Waals surface area contributed by atoms with Crippen LogP contribution in [-0.4, -0.2) is 25.8 Å². The molecule has 0 aliphatic heterocycles. The van der Waals surface area contributed by atoms with Crippen molar-refractivity contribution < 1.29 is 14.3 Å². The molecule has 0 fully saturated rings. The molecule has 0 rings (SSSR count). The van der Waals surface area contributed by atoms with Crippen LogP contribution in [0, 0.1) is 5.41 Å². The second-order valence-corrected chi connectivity index (χ2v) is 4.10.